The Balaban J connectivity index is 1.29. The summed E-state index contributed by atoms with van der Waals surface area (Å²) in [7, 11) is 0. The number of nitrogen functional groups attached to an aromatic ring is 1. The number of H-pyrrole nitrogens is 1. The zero-order valence-corrected chi connectivity index (χ0v) is 20.3. The molecule has 6 rings (SSSR count). The van der Waals surface area contributed by atoms with Crippen molar-refractivity contribution in [2.75, 3.05) is 5.73 Å². The SMILES string of the molecule is Nc1cc([C@H](CC(=O)NC2CCC(c3ccccc3)c3ccccc32)c2ccccc2)c2nn[nH]c2n1. The number of hydrogen-bond donors (Lipinski definition) is 3. The van der Waals surface area contributed by atoms with E-state index in [-0.39, 0.29) is 24.3 Å². The molecule has 1 aliphatic carbocycles. The lowest BCUT2D eigenvalue weighted by molar-refractivity contribution is -0.122. The van der Waals surface area contributed by atoms with E-state index >= 15 is 0 Å². The van der Waals surface area contributed by atoms with E-state index in [0.717, 1.165) is 24.0 Å². The molecule has 1 aliphatic rings. The standard InChI is InChI=1S/C30H28N6O/c31-27-17-25(29-30(33-27)35-36-34-29)24(20-11-5-2-6-12-20)18-28(37)32-26-16-15-21(19-9-3-1-4-10-19)22-13-7-8-14-23(22)26/h1-14,17,21,24,26H,15-16,18H2,(H,32,37)(H3,31,33,34,35,36)/t21?,24-,26?/m1/s1. The Morgan fingerprint density at radius 2 is 1.65 bits per heavy atom. The van der Waals surface area contributed by atoms with Gasteiger partial charge in [-0.2, -0.15) is 0 Å². The third-order valence-electron chi connectivity index (χ3n) is 7.34. The molecule has 0 bridgehead atoms. The van der Waals surface area contributed by atoms with E-state index in [1.165, 1.54) is 16.7 Å². The van der Waals surface area contributed by atoms with Gasteiger partial charge in [0.15, 0.2) is 5.65 Å². The lowest BCUT2D eigenvalue weighted by Crippen LogP contribution is -2.33. The predicted molar refractivity (Wildman–Crippen MR) is 144 cm³/mol. The summed E-state index contributed by atoms with van der Waals surface area (Å²) in [5, 5.41) is 14.3. The number of fused-ring (bicyclic) bond motifs is 2. The van der Waals surface area contributed by atoms with Crippen LogP contribution in [0.5, 0.6) is 0 Å². The lowest BCUT2D eigenvalue weighted by Gasteiger charge is -2.33. The van der Waals surface area contributed by atoms with Gasteiger partial charge < -0.3 is 11.1 Å². The first-order chi connectivity index (χ1) is 18.2. The number of hydrogen-bond acceptors (Lipinski definition) is 5. The Bertz CT molecular complexity index is 1530. The molecule has 0 saturated heterocycles. The number of benzene rings is 3. The number of pyridine rings is 1. The molecule has 7 nitrogen and oxygen atoms in total. The van der Waals surface area contributed by atoms with Gasteiger partial charge in [0.2, 0.25) is 5.91 Å². The molecular weight excluding hydrogens is 460 g/mol. The average Bonchev–Trinajstić information content (AvgIpc) is 3.41. The molecule has 3 aromatic carbocycles. The molecule has 7 heteroatoms. The molecule has 4 N–H and O–H groups in total. The highest BCUT2D eigenvalue weighted by atomic mass is 16.1. The molecule has 0 saturated carbocycles. The second-order valence-corrected chi connectivity index (χ2v) is 9.60. The van der Waals surface area contributed by atoms with Crippen LogP contribution in [0.1, 0.15) is 65.0 Å². The first-order valence-corrected chi connectivity index (χ1v) is 12.6. The minimum absolute atomic E-state index is 0.0150. The Morgan fingerprint density at radius 3 is 2.43 bits per heavy atom. The molecular formula is C30H28N6O. The lowest BCUT2D eigenvalue weighted by atomic mass is 9.76. The van der Waals surface area contributed by atoms with Crippen molar-refractivity contribution >= 4 is 22.9 Å². The van der Waals surface area contributed by atoms with E-state index < -0.39 is 0 Å². The van der Waals surface area contributed by atoms with Gasteiger partial charge in [-0.25, -0.2) is 10.1 Å². The average molecular weight is 489 g/mol. The quantitative estimate of drug-likeness (QED) is 0.303. The van der Waals surface area contributed by atoms with Gasteiger partial charge in [-0.1, -0.05) is 90.1 Å². The van der Waals surface area contributed by atoms with Crippen LogP contribution in [0.3, 0.4) is 0 Å². The van der Waals surface area contributed by atoms with E-state index in [0.29, 0.717) is 22.9 Å². The zero-order chi connectivity index (χ0) is 25.2. The van der Waals surface area contributed by atoms with Crippen molar-refractivity contribution in [1.29, 1.82) is 0 Å². The van der Waals surface area contributed by atoms with Gasteiger partial charge in [-0.3, -0.25) is 4.79 Å². The van der Waals surface area contributed by atoms with Crippen LogP contribution in [-0.2, 0) is 4.79 Å². The van der Waals surface area contributed by atoms with Gasteiger partial charge in [0.1, 0.15) is 11.3 Å². The second-order valence-electron chi connectivity index (χ2n) is 9.60. The summed E-state index contributed by atoms with van der Waals surface area (Å²) >= 11 is 0. The molecule has 0 fully saturated rings. The second kappa shape index (κ2) is 9.85. The van der Waals surface area contributed by atoms with Gasteiger partial charge in [-0.05, 0) is 46.7 Å². The largest absolute Gasteiger partial charge is 0.384 e. The first-order valence-electron chi connectivity index (χ1n) is 12.6. The summed E-state index contributed by atoms with van der Waals surface area (Å²) in [5.41, 5.74) is 12.9. The molecule has 2 unspecified atom stereocenters. The molecule has 0 radical (unpaired) electrons. The monoisotopic (exact) mass is 488 g/mol. The molecule has 37 heavy (non-hydrogen) atoms. The van der Waals surface area contributed by atoms with Crippen molar-refractivity contribution in [3.05, 3.63) is 119 Å². The predicted octanol–water partition coefficient (Wildman–Crippen LogP) is 5.24. The summed E-state index contributed by atoms with van der Waals surface area (Å²) in [6.07, 6.45) is 2.12. The minimum Gasteiger partial charge on any atom is -0.384 e. The van der Waals surface area contributed by atoms with E-state index in [1.807, 2.05) is 36.4 Å². The molecule has 3 atom stereocenters. The van der Waals surface area contributed by atoms with Gasteiger partial charge in [0.05, 0.1) is 6.04 Å². The van der Waals surface area contributed by atoms with Crippen molar-refractivity contribution < 1.29 is 4.79 Å². The zero-order valence-electron chi connectivity index (χ0n) is 20.3. The number of carbonyl (C=O) groups excluding carboxylic acids is 1. The molecule has 2 aromatic heterocycles. The van der Waals surface area contributed by atoms with Crippen LogP contribution in [-0.4, -0.2) is 26.3 Å². The number of aromatic amines is 1. The smallest absolute Gasteiger partial charge is 0.221 e. The third kappa shape index (κ3) is 4.56. The Morgan fingerprint density at radius 1 is 0.946 bits per heavy atom. The topological polar surface area (TPSA) is 110 Å². The molecule has 1 amide bonds. The fourth-order valence-corrected chi connectivity index (χ4v) is 5.65. The molecule has 5 aromatic rings. The number of carbonyl (C=O) groups is 1. The maximum absolute atomic E-state index is 13.6. The van der Waals surface area contributed by atoms with Crippen LogP contribution in [0.25, 0.3) is 11.2 Å². The highest BCUT2D eigenvalue weighted by molar-refractivity contribution is 5.82. The molecule has 0 spiro atoms. The number of nitrogens with two attached hydrogens (primary N) is 1. The summed E-state index contributed by atoms with van der Waals surface area (Å²) in [6, 6.07) is 30.8. The van der Waals surface area contributed by atoms with Crippen LogP contribution in [0.4, 0.5) is 5.82 Å². The van der Waals surface area contributed by atoms with Crippen LogP contribution < -0.4 is 11.1 Å². The van der Waals surface area contributed by atoms with E-state index in [9.17, 15) is 4.79 Å². The van der Waals surface area contributed by atoms with Gasteiger partial charge in [-0.15, -0.1) is 5.10 Å². The van der Waals surface area contributed by atoms with Crippen molar-refractivity contribution in [1.82, 2.24) is 25.7 Å². The summed E-state index contributed by atoms with van der Waals surface area (Å²) in [5.74, 6) is 0.444. The maximum atomic E-state index is 13.6. The Hall–Kier alpha value is -4.52. The van der Waals surface area contributed by atoms with Crippen molar-refractivity contribution in [3.8, 4) is 0 Å². The van der Waals surface area contributed by atoms with Crippen molar-refractivity contribution in [3.63, 3.8) is 0 Å². The van der Waals surface area contributed by atoms with Crippen LogP contribution in [0.2, 0.25) is 0 Å². The summed E-state index contributed by atoms with van der Waals surface area (Å²) in [6.45, 7) is 0. The summed E-state index contributed by atoms with van der Waals surface area (Å²) < 4.78 is 0. The van der Waals surface area contributed by atoms with E-state index in [1.54, 1.807) is 6.07 Å². The minimum atomic E-state index is -0.241. The maximum Gasteiger partial charge on any atom is 0.221 e. The number of nitrogens with zero attached hydrogens (tertiary/aromatic N) is 3. The van der Waals surface area contributed by atoms with Crippen LogP contribution in [0, 0.1) is 0 Å². The third-order valence-corrected chi connectivity index (χ3v) is 7.34. The van der Waals surface area contributed by atoms with Gasteiger partial charge in [0.25, 0.3) is 0 Å². The highest BCUT2D eigenvalue weighted by Crippen LogP contribution is 2.41. The Kier molecular flexibility index (Phi) is 6.10. The van der Waals surface area contributed by atoms with Crippen molar-refractivity contribution in [2.45, 2.75) is 37.1 Å². The number of anilines is 1. The van der Waals surface area contributed by atoms with E-state index in [4.69, 9.17) is 5.73 Å². The highest BCUT2D eigenvalue weighted by Gasteiger charge is 2.30. The normalized spacial score (nSPS) is 17.7. The number of amides is 1. The number of rotatable bonds is 6. The fraction of sp³-hybridized carbons (Fsp3) is 0.200. The number of aromatic nitrogens is 4. The van der Waals surface area contributed by atoms with Crippen LogP contribution >= 0.6 is 0 Å². The van der Waals surface area contributed by atoms with Crippen LogP contribution in [0.15, 0.2) is 91.0 Å². The number of nitrogens with one attached hydrogen (secondary N) is 2. The first kappa shape index (κ1) is 22.9. The summed E-state index contributed by atoms with van der Waals surface area (Å²) in [4.78, 5) is 17.9. The fourth-order valence-electron chi connectivity index (χ4n) is 5.65. The van der Waals surface area contributed by atoms with Crippen molar-refractivity contribution in [2.24, 2.45) is 0 Å². The Labute approximate surface area is 215 Å². The molecule has 2 heterocycles. The molecule has 184 valence electrons. The van der Waals surface area contributed by atoms with E-state index in [2.05, 4.69) is 74.2 Å². The van der Waals surface area contributed by atoms with Gasteiger partial charge >= 0.3 is 0 Å². The van der Waals surface area contributed by atoms with Gasteiger partial charge in [0, 0.05) is 18.3 Å². The molecule has 0 aliphatic heterocycles.